The number of carbonyl (C=O) groups is 1. The molecule has 3 aromatic heterocycles. The molecule has 0 aliphatic heterocycles. The molecule has 5 aromatic rings. The zero-order valence-corrected chi connectivity index (χ0v) is 19.3. The molecule has 0 aliphatic rings. The first kappa shape index (κ1) is 22.3. The zero-order valence-electron chi connectivity index (χ0n) is 19.3. The summed E-state index contributed by atoms with van der Waals surface area (Å²) in [6.45, 7) is 2.74. The minimum Gasteiger partial charge on any atom is -0.467 e. The number of furan rings is 1. The number of hydrogen-bond donors (Lipinski definition) is 1. The van der Waals surface area contributed by atoms with Crippen molar-refractivity contribution in [3.8, 4) is 11.4 Å². The smallest absolute Gasteiger partial charge is 0.279 e. The quantitative estimate of drug-likeness (QED) is 0.375. The summed E-state index contributed by atoms with van der Waals surface area (Å²) in [6, 6.07) is 23.1. The normalized spacial score (nSPS) is 11.1. The van der Waals surface area contributed by atoms with Crippen LogP contribution in [0.5, 0.6) is 0 Å². The van der Waals surface area contributed by atoms with Crippen molar-refractivity contribution in [2.24, 2.45) is 0 Å². The van der Waals surface area contributed by atoms with Crippen molar-refractivity contribution in [1.29, 1.82) is 0 Å². The van der Waals surface area contributed by atoms with E-state index in [4.69, 9.17) is 9.40 Å². The number of rotatable bonds is 8. The average molecular weight is 468 g/mol. The maximum absolute atomic E-state index is 13.5. The summed E-state index contributed by atoms with van der Waals surface area (Å²) in [5, 5.41) is 7.38. The highest BCUT2D eigenvalue weighted by atomic mass is 16.3. The van der Waals surface area contributed by atoms with Crippen molar-refractivity contribution in [3.05, 3.63) is 112 Å². The van der Waals surface area contributed by atoms with E-state index < -0.39 is 0 Å². The van der Waals surface area contributed by atoms with Gasteiger partial charge in [-0.1, -0.05) is 60.7 Å². The molecular weight excluding hydrogens is 442 g/mol. The third kappa shape index (κ3) is 4.77. The van der Waals surface area contributed by atoms with Gasteiger partial charge >= 0.3 is 0 Å². The Kier molecular flexibility index (Phi) is 6.26. The van der Waals surface area contributed by atoms with Gasteiger partial charge in [0.1, 0.15) is 5.76 Å². The largest absolute Gasteiger partial charge is 0.467 e. The standard InChI is InChI=1S/C27H25N5O3/c1-19-23(14-15-24(33)28-17-22-13-8-16-35-22)26(34)32-27(31(19)18-20-9-4-2-5-10-20)29-25(30-32)21-11-6-3-7-12-21/h2-13,16H,14-15,17-18H2,1H3,(H,28,33). The van der Waals surface area contributed by atoms with E-state index in [1.165, 1.54) is 4.52 Å². The van der Waals surface area contributed by atoms with Gasteiger partial charge < -0.3 is 14.3 Å². The van der Waals surface area contributed by atoms with Gasteiger partial charge in [0.25, 0.3) is 5.56 Å². The first-order valence-electron chi connectivity index (χ1n) is 11.5. The van der Waals surface area contributed by atoms with E-state index in [1.54, 1.807) is 18.4 Å². The predicted molar refractivity (Wildman–Crippen MR) is 132 cm³/mol. The van der Waals surface area contributed by atoms with E-state index in [2.05, 4.69) is 10.4 Å². The SMILES string of the molecule is Cc1c(CCC(=O)NCc2ccco2)c(=O)n2nc(-c3ccccc3)nc2n1Cc1ccccc1. The number of benzene rings is 2. The Balaban J connectivity index is 1.50. The number of nitrogens with zero attached hydrogens (tertiary/aromatic N) is 4. The van der Waals surface area contributed by atoms with E-state index in [9.17, 15) is 9.59 Å². The zero-order chi connectivity index (χ0) is 24.2. The lowest BCUT2D eigenvalue weighted by Gasteiger charge is -2.15. The molecule has 1 N–H and O–H groups in total. The number of aromatic nitrogens is 4. The molecule has 176 valence electrons. The van der Waals surface area contributed by atoms with Crippen molar-refractivity contribution >= 4 is 11.7 Å². The Morgan fingerprint density at radius 1 is 1.00 bits per heavy atom. The predicted octanol–water partition coefficient (Wildman–Crippen LogP) is 3.76. The highest BCUT2D eigenvalue weighted by molar-refractivity contribution is 5.76. The third-order valence-corrected chi connectivity index (χ3v) is 5.98. The molecular formula is C27H25N5O3. The van der Waals surface area contributed by atoms with Gasteiger partial charge in [0.2, 0.25) is 11.7 Å². The highest BCUT2D eigenvalue weighted by Gasteiger charge is 2.19. The maximum atomic E-state index is 13.5. The van der Waals surface area contributed by atoms with Gasteiger partial charge in [-0.2, -0.15) is 9.50 Å². The Labute approximate surface area is 201 Å². The van der Waals surface area contributed by atoms with Gasteiger partial charge in [-0.3, -0.25) is 9.59 Å². The van der Waals surface area contributed by atoms with Gasteiger partial charge in [0, 0.05) is 23.2 Å². The number of fused-ring (bicyclic) bond motifs is 1. The van der Waals surface area contributed by atoms with Crippen LogP contribution in [0.25, 0.3) is 17.2 Å². The molecule has 0 bridgehead atoms. The molecule has 0 spiro atoms. The van der Waals surface area contributed by atoms with Crippen LogP contribution in [0, 0.1) is 6.92 Å². The van der Waals surface area contributed by atoms with Crippen molar-refractivity contribution in [2.75, 3.05) is 0 Å². The number of hydrogen-bond acceptors (Lipinski definition) is 5. The first-order valence-corrected chi connectivity index (χ1v) is 11.5. The van der Waals surface area contributed by atoms with E-state index in [-0.39, 0.29) is 17.9 Å². The van der Waals surface area contributed by atoms with Crippen LogP contribution in [0.15, 0.2) is 88.3 Å². The number of nitrogens with one attached hydrogen (secondary N) is 1. The molecule has 8 nitrogen and oxygen atoms in total. The topological polar surface area (TPSA) is 94.4 Å². The molecule has 0 saturated heterocycles. The lowest BCUT2D eigenvalue weighted by Crippen LogP contribution is -2.28. The Hall–Kier alpha value is -4.46. The Morgan fingerprint density at radius 2 is 1.74 bits per heavy atom. The summed E-state index contributed by atoms with van der Waals surface area (Å²) in [7, 11) is 0. The molecule has 0 fully saturated rings. The molecule has 0 radical (unpaired) electrons. The molecule has 8 heteroatoms. The second kappa shape index (κ2) is 9.80. The second-order valence-corrected chi connectivity index (χ2v) is 8.31. The molecule has 2 aromatic carbocycles. The molecule has 3 heterocycles. The lowest BCUT2D eigenvalue weighted by atomic mass is 10.1. The lowest BCUT2D eigenvalue weighted by molar-refractivity contribution is -0.121. The average Bonchev–Trinajstić information content (AvgIpc) is 3.57. The van der Waals surface area contributed by atoms with Crippen LogP contribution in [0.3, 0.4) is 0 Å². The fourth-order valence-electron chi connectivity index (χ4n) is 4.09. The van der Waals surface area contributed by atoms with Crippen molar-refractivity contribution in [2.45, 2.75) is 32.9 Å². The van der Waals surface area contributed by atoms with E-state index in [1.807, 2.05) is 72.2 Å². The molecule has 0 saturated carbocycles. The van der Waals surface area contributed by atoms with Crippen LogP contribution in [0.1, 0.15) is 29.0 Å². The van der Waals surface area contributed by atoms with Gasteiger partial charge in [-0.15, -0.1) is 5.10 Å². The summed E-state index contributed by atoms with van der Waals surface area (Å²) >= 11 is 0. The summed E-state index contributed by atoms with van der Waals surface area (Å²) in [5.41, 5.74) is 2.98. The minimum absolute atomic E-state index is 0.154. The van der Waals surface area contributed by atoms with E-state index >= 15 is 0 Å². The van der Waals surface area contributed by atoms with Crippen LogP contribution in [0.4, 0.5) is 0 Å². The van der Waals surface area contributed by atoms with Gasteiger partial charge in [-0.25, -0.2) is 0 Å². The summed E-state index contributed by atoms with van der Waals surface area (Å²) < 4.78 is 8.61. The fourth-order valence-corrected chi connectivity index (χ4v) is 4.09. The molecule has 0 unspecified atom stereocenters. The first-order chi connectivity index (χ1) is 17.1. The Morgan fingerprint density at radius 3 is 2.46 bits per heavy atom. The van der Waals surface area contributed by atoms with Crippen LogP contribution in [-0.4, -0.2) is 25.1 Å². The fraction of sp³-hybridized carbons (Fsp3) is 0.185. The van der Waals surface area contributed by atoms with Crippen LogP contribution in [-0.2, 0) is 24.3 Å². The summed E-state index contributed by atoms with van der Waals surface area (Å²) in [6.07, 6.45) is 2.03. The van der Waals surface area contributed by atoms with Crippen LogP contribution < -0.4 is 10.9 Å². The number of amides is 1. The van der Waals surface area contributed by atoms with Crippen molar-refractivity contribution < 1.29 is 9.21 Å². The monoisotopic (exact) mass is 467 g/mol. The molecule has 0 aliphatic carbocycles. The van der Waals surface area contributed by atoms with Gasteiger partial charge in [0.05, 0.1) is 19.4 Å². The number of carbonyl (C=O) groups excluding carboxylic acids is 1. The van der Waals surface area contributed by atoms with Crippen molar-refractivity contribution in [3.63, 3.8) is 0 Å². The summed E-state index contributed by atoms with van der Waals surface area (Å²) in [5.74, 6) is 1.48. The van der Waals surface area contributed by atoms with Crippen LogP contribution in [0.2, 0.25) is 0 Å². The third-order valence-electron chi connectivity index (χ3n) is 5.98. The minimum atomic E-state index is -0.254. The second-order valence-electron chi connectivity index (χ2n) is 8.31. The van der Waals surface area contributed by atoms with Gasteiger partial charge in [-0.05, 0) is 31.0 Å². The van der Waals surface area contributed by atoms with E-state index in [0.29, 0.717) is 42.4 Å². The maximum Gasteiger partial charge on any atom is 0.279 e. The summed E-state index contributed by atoms with van der Waals surface area (Å²) in [4.78, 5) is 30.6. The van der Waals surface area contributed by atoms with E-state index in [0.717, 1.165) is 16.8 Å². The van der Waals surface area contributed by atoms with Crippen molar-refractivity contribution in [1.82, 2.24) is 24.5 Å². The van der Waals surface area contributed by atoms with Gasteiger partial charge in [0.15, 0.2) is 5.82 Å². The Bertz CT molecular complexity index is 1500. The highest BCUT2D eigenvalue weighted by Crippen LogP contribution is 2.18. The van der Waals surface area contributed by atoms with Crippen LogP contribution >= 0.6 is 0 Å². The molecule has 5 rings (SSSR count). The molecule has 0 atom stereocenters. The molecule has 35 heavy (non-hydrogen) atoms. The molecule has 1 amide bonds.